The average Bonchev–Trinajstić information content (AvgIpc) is 3.34. The Morgan fingerprint density at radius 1 is 1.09 bits per heavy atom. The molecule has 1 saturated heterocycles. The van der Waals surface area contributed by atoms with E-state index in [1.807, 2.05) is 42.6 Å². The number of benzene rings is 1. The molecule has 3 heterocycles. The van der Waals surface area contributed by atoms with Crippen LogP contribution in [0.15, 0.2) is 40.8 Å². The van der Waals surface area contributed by atoms with Gasteiger partial charge in [-0.25, -0.2) is 0 Å². The van der Waals surface area contributed by atoms with E-state index in [4.69, 9.17) is 9.97 Å². The van der Waals surface area contributed by atoms with Crippen LogP contribution in [0, 0.1) is 17.2 Å². The lowest BCUT2D eigenvalue weighted by Gasteiger charge is -2.44. The van der Waals surface area contributed by atoms with E-state index in [2.05, 4.69) is 33.4 Å². The zero-order valence-electron chi connectivity index (χ0n) is 19.2. The highest BCUT2D eigenvalue weighted by molar-refractivity contribution is 8.06. The first kappa shape index (κ1) is 21.8. The first-order valence-electron chi connectivity index (χ1n) is 11.7. The number of nitriles is 1. The number of fused-ring (bicyclic) bond motifs is 1. The normalized spacial score (nSPS) is 23.8. The number of nitrogens with one attached hydrogen (secondary N) is 1. The number of anilines is 2. The second-order valence-electron chi connectivity index (χ2n) is 9.06. The van der Waals surface area contributed by atoms with Gasteiger partial charge in [-0.1, -0.05) is 54.9 Å². The molecule has 5 rings (SSSR count). The summed E-state index contributed by atoms with van der Waals surface area (Å²) >= 11 is 1.50. The number of hydrogen-bond donors (Lipinski definition) is 1. The number of rotatable bonds is 4. The Kier molecular flexibility index (Phi) is 6.23. The lowest BCUT2D eigenvalue weighted by Crippen LogP contribution is -2.47. The Hall–Kier alpha value is -3.05. The topological polar surface area (TPSA) is 81.0 Å². The van der Waals surface area contributed by atoms with E-state index in [0.717, 1.165) is 29.3 Å². The van der Waals surface area contributed by atoms with E-state index in [1.165, 1.54) is 43.9 Å². The van der Waals surface area contributed by atoms with Gasteiger partial charge >= 0.3 is 0 Å². The Labute approximate surface area is 199 Å². The van der Waals surface area contributed by atoms with Crippen LogP contribution in [0.25, 0.3) is 11.3 Å². The molecule has 0 radical (unpaired) electrons. The van der Waals surface area contributed by atoms with Crippen molar-refractivity contribution in [1.29, 1.82) is 5.26 Å². The minimum absolute atomic E-state index is 0.432. The molecule has 2 aliphatic heterocycles. The van der Waals surface area contributed by atoms with E-state index < -0.39 is 0 Å². The SMILES string of the molecule is CN(C)c1nc(/C(C#N)=C2/NC(c3ccccc3)=CS2)nc(N2CCCC3CCCCC32)n1. The summed E-state index contributed by atoms with van der Waals surface area (Å²) in [4.78, 5) is 18.6. The molecule has 0 spiro atoms. The van der Waals surface area contributed by atoms with Crippen molar-refractivity contribution in [3.8, 4) is 6.07 Å². The molecule has 1 aromatic heterocycles. The summed E-state index contributed by atoms with van der Waals surface area (Å²) in [6.07, 6.45) is 7.52. The monoisotopic (exact) mass is 459 g/mol. The number of nitrogens with zero attached hydrogens (tertiary/aromatic N) is 6. The summed E-state index contributed by atoms with van der Waals surface area (Å²) in [6, 6.07) is 13.0. The number of hydrogen-bond acceptors (Lipinski definition) is 8. The van der Waals surface area contributed by atoms with Gasteiger partial charge in [-0.2, -0.15) is 20.2 Å². The fourth-order valence-corrected chi connectivity index (χ4v) is 5.90. The maximum Gasteiger partial charge on any atom is 0.231 e. The predicted octanol–water partition coefficient (Wildman–Crippen LogP) is 4.62. The molecular formula is C25H29N7S. The Balaban J connectivity index is 1.50. The van der Waals surface area contributed by atoms with Crippen molar-refractivity contribution in [2.75, 3.05) is 30.4 Å². The molecule has 1 N–H and O–H groups in total. The molecular weight excluding hydrogens is 430 g/mol. The summed E-state index contributed by atoms with van der Waals surface area (Å²) < 4.78 is 0. The van der Waals surface area contributed by atoms with E-state index in [-0.39, 0.29) is 0 Å². The fourth-order valence-electron chi connectivity index (χ4n) is 5.05. The molecule has 2 fully saturated rings. The van der Waals surface area contributed by atoms with Gasteiger partial charge in [-0.3, -0.25) is 0 Å². The highest BCUT2D eigenvalue weighted by atomic mass is 32.2. The molecule has 1 aliphatic carbocycles. The van der Waals surface area contributed by atoms with Gasteiger partial charge in [0.1, 0.15) is 11.6 Å². The minimum atomic E-state index is 0.432. The lowest BCUT2D eigenvalue weighted by atomic mass is 9.78. The van der Waals surface area contributed by atoms with Crippen LogP contribution in [0.1, 0.15) is 49.9 Å². The average molecular weight is 460 g/mol. The molecule has 2 unspecified atom stereocenters. The van der Waals surface area contributed by atoms with Gasteiger partial charge in [0.15, 0.2) is 5.82 Å². The molecule has 33 heavy (non-hydrogen) atoms. The molecule has 2 aromatic rings. The molecule has 170 valence electrons. The molecule has 3 aliphatic rings. The number of piperidine rings is 1. The quantitative estimate of drug-likeness (QED) is 0.663. The molecule has 2 atom stereocenters. The highest BCUT2D eigenvalue weighted by Gasteiger charge is 2.35. The van der Waals surface area contributed by atoms with Crippen LogP contribution in [0.3, 0.4) is 0 Å². The zero-order chi connectivity index (χ0) is 22.8. The van der Waals surface area contributed by atoms with Crippen molar-refractivity contribution in [3.05, 3.63) is 52.2 Å². The largest absolute Gasteiger partial charge is 0.348 e. The van der Waals surface area contributed by atoms with Crippen LogP contribution in [0.4, 0.5) is 11.9 Å². The first-order chi connectivity index (χ1) is 16.1. The molecule has 0 amide bonds. The van der Waals surface area contributed by atoms with Crippen LogP contribution in [0.2, 0.25) is 0 Å². The standard InChI is InChI=1S/C25H29N7S/c1-31(2)24-28-22(19(15-26)23-27-20(16-33-23)17-9-4-3-5-10-17)29-25(30-24)32-14-8-12-18-11-6-7-13-21(18)32/h3-5,9-10,16,18,21,27H,6-8,11-14H2,1-2H3/b23-19-. The minimum Gasteiger partial charge on any atom is -0.348 e. The van der Waals surface area contributed by atoms with Crippen molar-refractivity contribution < 1.29 is 0 Å². The van der Waals surface area contributed by atoms with Crippen molar-refractivity contribution >= 4 is 34.9 Å². The van der Waals surface area contributed by atoms with Gasteiger partial charge in [-0.15, -0.1) is 0 Å². The summed E-state index contributed by atoms with van der Waals surface area (Å²) in [5, 5.41) is 16.3. The van der Waals surface area contributed by atoms with E-state index in [1.54, 1.807) is 0 Å². The van der Waals surface area contributed by atoms with Crippen LogP contribution in [0.5, 0.6) is 0 Å². The van der Waals surface area contributed by atoms with Crippen molar-refractivity contribution in [2.24, 2.45) is 5.92 Å². The summed E-state index contributed by atoms with van der Waals surface area (Å²) in [5.74, 6) is 2.43. The van der Waals surface area contributed by atoms with Crippen molar-refractivity contribution in [2.45, 2.75) is 44.6 Å². The third-order valence-electron chi connectivity index (χ3n) is 6.70. The summed E-state index contributed by atoms with van der Waals surface area (Å²) in [5.41, 5.74) is 2.51. The molecule has 8 heteroatoms. The van der Waals surface area contributed by atoms with Crippen molar-refractivity contribution in [3.63, 3.8) is 0 Å². The predicted molar refractivity (Wildman–Crippen MR) is 134 cm³/mol. The maximum atomic E-state index is 10.1. The van der Waals surface area contributed by atoms with Crippen LogP contribution >= 0.6 is 11.8 Å². The Morgan fingerprint density at radius 3 is 2.67 bits per heavy atom. The molecule has 7 nitrogen and oxygen atoms in total. The zero-order valence-corrected chi connectivity index (χ0v) is 20.0. The van der Waals surface area contributed by atoms with Crippen molar-refractivity contribution in [1.82, 2.24) is 20.3 Å². The second-order valence-corrected chi connectivity index (χ2v) is 9.94. The Bertz CT molecular complexity index is 1120. The molecule has 1 saturated carbocycles. The lowest BCUT2D eigenvalue weighted by molar-refractivity contribution is 0.241. The third kappa shape index (κ3) is 4.42. The van der Waals surface area contributed by atoms with Crippen LogP contribution < -0.4 is 15.1 Å². The number of thioether (sulfide) groups is 1. The van der Waals surface area contributed by atoms with Gasteiger partial charge in [0.25, 0.3) is 0 Å². The smallest absolute Gasteiger partial charge is 0.231 e. The Morgan fingerprint density at radius 2 is 1.88 bits per heavy atom. The molecule has 1 aromatic carbocycles. The van der Waals surface area contributed by atoms with E-state index >= 15 is 0 Å². The number of aromatic nitrogens is 3. The number of allylic oxidation sites excluding steroid dienone is 1. The van der Waals surface area contributed by atoms with Crippen LogP contribution in [-0.2, 0) is 0 Å². The molecule has 0 bridgehead atoms. The van der Waals surface area contributed by atoms with E-state index in [0.29, 0.717) is 35.3 Å². The van der Waals surface area contributed by atoms with Gasteiger partial charge in [0.2, 0.25) is 11.9 Å². The highest BCUT2D eigenvalue weighted by Crippen LogP contribution is 2.38. The fraction of sp³-hybridized carbons (Fsp3) is 0.440. The van der Waals surface area contributed by atoms with Gasteiger partial charge in [-0.05, 0) is 37.2 Å². The van der Waals surface area contributed by atoms with Crippen LogP contribution in [-0.4, -0.2) is 41.6 Å². The van der Waals surface area contributed by atoms with Gasteiger partial charge < -0.3 is 15.1 Å². The summed E-state index contributed by atoms with van der Waals surface area (Å²) in [6.45, 7) is 0.961. The first-order valence-corrected chi connectivity index (χ1v) is 12.6. The second kappa shape index (κ2) is 9.44. The van der Waals surface area contributed by atoms with Gasteiger partial charge in [0, 0.05) is 32.1 Å². The van der Waals surface area contributed by atoms with E-state index in [9.17, 15) is 5.26 Å². The third-order valence-corrected chi connectivity index (χ3v) is 7.60. The summed E-state index contributed by atoms with van der Waals surface area (Å²) in [7, 11) is 3.86. The maximum absolute atomic E-state index is 10.1. The van der Waals surface area contributed by atoms with Gasteiger partial charge in [0.05, 0.1) is 10.7 Å².